The van der Waals surface area contributed by atoms with Crippen LogP contribution in [0, 0.1) is 10.1 Å². The Hall–Kier alpha value is -2.90. The third kappa shape index (κ3) is 3.28. The first-order valence-corrected chi connectivity index (χ1v) is 5.27. The number of nitrogens with zero attached hydrogens (tertiary/aromatic N) is 3. The molecule has 0 saturated heterocycles. The SMILES string of the molecule is Cn1ccc(NC(=O)/C=C/c2ccc([N+](=O)[O-])o2)n1. The molecule has 8 heteroatoms. The topological polar surface area (TPSA) is 103 Å². The van der Waals surface area contributed by atoms with Gasteiger partial charge in [0, 0.05) is 25.4 Å². The summed E-state index contributed by atoms with van der Waals surface area (Å²) < 4.78 is 6.41. The van der Waals surface area contributed by atoms with Gasteiger partial charge in [0.25, 0.3) is 0 Å². The quantitative estimate of drug-likeness (QED) is 0.511. The largest absolute Gasteiger partial charge is 0.433 e. The number of amides is 1. The Kier molecular flexibility index (Phi) is 3.42. The molecule has 0 aromatic carbocycles. The van der Waals surface area contributed by atoms with Crippen LogP contribution in [0.25, 0.3) is 6.08 Å². The van der Waals surface area contributed by atoms with Gasteiger partial charge in [-0.25, -0.2) is 0 Å². The fraction of sp³-hybridized carbons (Fsp3) is 0.0909. The van der Waals surface area contributed by atoms with Crippen LogP contribution in [-0.2, 0) is 11.8 Å². The van der Waals surface area contributed by atoms with Gasteiger partial charge in [-0.1, -0.05) is 0 Å². The van der Waals surface area contributed by atoms with E-state index in [-0.39, 0.29) is 11.6 Å². The number of hydrogen-bond donors (Lipinski definition) is 1. The number of carbonyl (C=O) groups excluding carboxylic acids is 1. The van der Waals surface area contributed by atoms with Crippen molar-refractivity contribution >= 4 is 23.7 Å². The fourth-order valence-electron chi connectivity index (χ4n) is 1.34. The maximum Gasteiger partial charge on any atom is 0.433 e. The van der Waals surface area contributed by atoms with Gasteiger partial charge in [0.1, 0.15) is 10.7 Å². The van der Waals surface area contributed by atoms with Crippen molar-refractivity contribution in [1.29, 1.82) is 0 Å². The van der Waals surface area contributed by atoms with Crippen molar-refractivity contribution in [3.05, 3.63) is 46.3 Å². The van der Waals surface area contributed by atoms with Gasteiger partial charge in [-0.15, -0.1) is 0 Å². The molecule has 0 aliphatic rings. The van der Waals surface area contributed by atoms with E-state index in [2.05, 4.69) is 10.4 Å². The Morgan fingerprint density at radius 3 is 2.89 bits per heavy atom. The molecular weight excluding hydrogens is 252 g/mol. The van der Waals surface area contributed by atoms with Crippen LogP contribution in [0.1, 0.15) is 5.76 Å². The van der Waals surface area contributed by atoms with Gasteiger partial charge < -0.3 is 9.73 Å². The predicted octanol–water partition coefficient (Wildman–Crippen LogP) is 1.57. The van der Waals surface area contributed by atoms with Crippen molar-refractivity contribution in [2.24, 2.45) is 7.05 Å². The molecule has 2 aromatic heterocycles. The molecule has 1 amide bonds. The second kappa shape index (κ2) is 5.17. The lowest BCUT2D eigenvalue weighted by Crippen LogP contribution is -2.08. The van der Waals surface area contributed by atoms with Crippen LogP contribution >= 0.6 is 0 Å². The van der Waals surface area contributed by atoms with Gasteiger partial charge in [-0.2, -0.15) is 5.10 Å². The number of hydrogen-bond acceptors (Lipinski definition) is 5. The number of aryl methyl sites for hydroxylation is 1. The summed E-state index contributed by atoms with van der Waals surface area (Å²) in [4.78, 5) is 21.3. The van der Waals surface area contributed by atoms with Crippen LogP contribution in [0.3, 0.4) is 0 Å². The smallest absolute Gasteiger partial charge is 0.401 e. The summed E-state index contributed by atoms with van der Waals surface area (Å²) in [6, 6.07) is 4.27. The Balaban J connectivity index is 1.97. The number of furan rings is 1. The third-order valence-electron chi connectivity index (χ3n) is 2.16. The molecule has 2 heterocycles. The highest BCUT2D eigenvalue weighted by Gasteiger charge is 2.10. The van der Waals surface area contributed by atoms with Crippen molar-refractivity contribution in [3.63, 3.8) is 0 Å². The van der Waals surface area contributed by atoms with E-state index in [0.717, 1.165) is 0 Å². The number of nitrogens with one attached hydrogen (secondary N) is 1. The van der Waals surface area contributed by atoms with Gasteiger partial charge in [-0.05, 0) is 12.1 Å². The highest BCUT2D eigenvalue weighted by molar-refractivity contribution is 6.01. The normalized spacial score (nSPS) is 10.8. The number of anilines is 1. The van der Waals surface area contributed by atoms with Crippen LogP contribution in [0.5, 0.6) is 0 Å². The minimum atomic E-state index is -0.648. The lowest BCUT2D eigenvalue weighted by atomic mass is 10.4. The van der Waals surface area contributed by atoms with Crippen molar-refractivity contribution in [1.82, 2.24) is 9.78 Å². The maximum atomic E-state index is 11.5. The Morgan fingerprint density at radius 2 is 2.32 bits per heavy atom. The van der Waals surface area contributed by atoms with Crippen LogP contribution in [0.4, 0.5) is 11.7 Å². The molecule has 8 nitrogen and oxygen atoms in total. The predicted molar refractivity (Wildman–Crippen MR) is 66.2 cm³/mol. The zero-order valence-electron chi connectivity index (χ0n) is 9.94. The first kappa shape index (κ1) is 12.6. The molecule has 0 radical (unpaired) electrons. The summed E-state index contributed by atoms with van der Waals surface area (Å²) in [5.41, 5.74) is 0. The van der Waals surface area contributed by atoms with Gasteiger partial charge in [0.2, 0.25) is 5.91 Å². The van der Waals surface area contributed by atoms with Crippen LogP contribution in [0.15, 0.2) is 34.9 Å². The summed E-state index contributed by atoms with van der Waals surface area (Å²) in [7, 11) is 1.73. The van der Waals surface area contributed by atoms with E-state index in [1.165, 1.54) is 24.3 Å². The highest BCUT2D eigenvalue weighted by atomic mass is 16.6. The Morgan fingerprint density at radius 1 is 1.53 bits per heavy atom. The second-order valence-corrected chi connectivity index (χ2v) is 3.63. The van der Waals surface area contributed by atoms with E-state index < -0.39 is 10.8 Å². The molecule has 19 heavy (non-hydrogen) atoms. The monoisotopic (exact) mass is 262 g/mol. The number of rotatable bonds is 4. The van der Waals surface area contributed by atoms with Gasteiger partial charge >= 0.3 is 5.88 Å². The van der Waals surface area contributed by atoms with E-state index >= 15 is 0 Å². The van der Waals surface area contributed by atoms with Gasteiger partial charge in [-0.3, -0.25) is 19.6 Å². The second-order valence-electron chi connectivity index (χ2n) is 3.63. The fourth-order valence-corrected chi connectivity index (χ4v) is 1.34. The van der Waals surface area contributed by atoms with Crippen LogP contribution in [0.2, 0.25) is 0 Å². The molecule has 1 N–H and O–H groups in total. The summed E-state index contributed by atoms with van der Waals surface area (Å²) in [5, 5.41) is 16.9. The van der Waals surface area contributed by atoms with E-state index in [1.807, 2.05) is 0 Å². The van der Waals surface area contributed by atoms with E-state index in [0.29, 0.717) is 5.82 Å². The molecule has 0 atom stereocenters. The van der Waals surface area contributed by atoms with E-state index in [4.69, 9.17) is 4.42 Å². The molecule has 0 aliphatic carbocycles. The molecule has 0 bridgehead atoms. The molecule has 2 aromatic rings. The van der Waals surface area contributed by atoms with Crippen molar-refractivity contribution in [3.8, 4) is 0 Å². The molecule has 0 spiro atoms. The minimum Gasteiger partial charge on any atom is -0.401 e. The van der Waals surface area contributed by atoms with E-state index in [1.54, 1.807) is 24.0 Å². The molecule has 0 fully saturated rings. The number of aromatic nitrogens is 2. The lowest BCUT2D eigenvalue weighted by molar-refractivity contribution is -0.402. The summed E-state index contributed by atoms with van der Waals surface area (Å²) in [5.74, 6) is -0.131. The van der Waals surface area contributed by atoms with Crippen molar-refractivity contribution in [2.75, 3.05) is 5.32 Å². The Labute approximate surface area is 107 Å². The standard InChI is InChI=1S/C11H10N4O4/c1-14-7-6-9(13-14)12-10(16)4-2-8-3-5-11(19-8)15(17)18/h2-7H,1H3,(H,12,13,16)/b4-2+. The van der Waals surface area contributed by atoms with Crippen LogP contribution in [-0.4, -0.2) is 20.6 Å². The third-order valence-corrected chi connectivity index (χ3v) is 2.16. The zero-order valence-corrected chi connectivity index (χ0v) is 9.94. The van der Waals surface area contributed by atoms with E-state index in [9.17, 15) is 14.9 Å². The highest BCUT2D eigenvalue weighted by Crippen LogP contribution is 2.16. The number of carbonyl (C=O) groups is 1. The van der Waals surface area contributed by atoms with Gasteiger partial charge in [0.05, 0.1) is 6.07 Å². The molecular formula is C11H10N4O4. The molecule has 0 aliphatic heterocycles. The van der Waals surface area contributed by atoms with Crippen LogP contribution < -0.4 is 5.32 Å². The molecule has 0 unspecified atom stereocenters. The summed E-state index contributed by atoms with van der Waals surface area (Å²) in [6.45, 7) is 0. The first-order valence-electron chi connectivity index (χ1n) is 5.27. The maximum absolute atomic E-state index is 11.5. The zero-order chi connectivity index (χ0) is 13.8. The average molecular weight is 262 g/mol. The number of nitro groups is 1. The summed E-state index contributed by atoms with van der Waals surface area (Å²) >= 11 is 0. The first-order chi connectivity index (χ1) is 9.04. The Bertz CT molecular complexity index is 641. The average Bonchev–Trinajstić information content (AvgIpc) is 2.96. The van der Waals surface area contributed by atoms with Crippen molar-refractivity contribution in [2.45, 2.75) is 0 Å². The minimum absolute atomic E-state index is 0.225. The molecule has 0 saturated carbocycles. The molecule has 98 valence electrons. The van der Waals surface area contributed by atoms with Crippen molar-refractivity contribution < 1.29 is 14.1 Å². The lowest BCUT2D eigenvalue weighted by Gasteiger charge is -1.95. The molecule has 2 rings (SSSR count). The van der Waals surface area contributed by atoms with Gasteiger partial charge in [0.15, 0.2) is 5.82 Å². The summed E-state index contributed by atoms with van der Waals surface area (Å²) in [6.07, 6.45) is 4.23.